The number of carbonyl (C=O) groups is 3. The second-order valence-electron chi connectivity index (χ2n) is 6.04. The Morgan fingerprint density at radius 3 is 2.63 bits per heavy atom. The summed E-state index contributed by atoms with van der Waals surface area (Å²) in [6, 6.07) is 0. The molecule has 1 saturated carbocycles. The van der Waals surface area contributed by atoms with Gasteiger partial charge in [0, 0.05) is 12.3 Å². The first-order valence-electron chi connectivity index (χ1n) is 6.62. The standard InChI is InChI=1S/C15H20O4/c1-9(2)11-7-12-14(4,19-12)13(18)15(11,8-16)6-5-10(3)17/h8,11-12H,1,5-7H2,2-4H3/t11-,12+,14+,15?/m0/s1. The molecule has 4 heteroatoms. The van der Waals surface area contributed by atoms with Gasteiger partial charge < -0.3 is 14.3 Å². The van der Waals surface area contributed by atoms with Crippen molar-refractivity contribution in [3.05, 3.63) is 12.2 Å². The second-order valence-corrected chi connectivity index (χ2v) is 6.04. The van der Waals surface area contributed by atoms with Crippen LogP contribution in [0.3, 0.4) is 0 Å². The van der Waals surface area contributed by atoms with Crippen LogP contribution in [0.25, 0.3) is 0 Å². The van der Waals surface area contributed by atoms with E-state index in [0.29, 0.717) is 6.42 Å². The topological polar surface area (TPSA) is 63.7 Å². The molecule has 2 aliphatic rings. The van der Waals surface area contributed by atoms with Gasteiger partial charge in [0.15, 0.2) is 11.4 Å². The van der Waals surface area contributed by atoms with Crippen molar-refractivity contribution in [3.63, 3.8) is 0 Å². The molecule has 0 bridgehead atoms. The molecule has 0 spiro atoms. The summed E-state index contributed by atoms with van der Waals surface area (Å²) in [5, 5.41) is 0. The fourth-order valence-corrected chi connectivity index (χ4v) is 3.29. The minimum absolute atomic E-state index is 0.0153. The molecule has 1 aliphatic heterocycles. The van der Waals surface area contributed by atoms with E-state index in [2.05, 4.69) is 6.58 Å². The Morgan fingerprint density at radius 2 is 2.16 bits per heavy atom. The zero-order valence-electron chi connectivity index (χ0n) is 11.7. The van der Waals surface area contributed by atoms with Crippen molar-refractivity contribution in [1.29, 1.82) is 0 Å². The fraction of sp³-hybridized carbons (Fsp3) is 0.667. The summed E-state index contributed by atoms with van der Waals surface area (Å²) in [6.07, 6.45) is 1.74. The maximum absolute atomic E-state index is 12.7. The number of fused-ring (bicyclic) bond motifs is 1. The average molecular weight is 264 g/mol. The fourth-order valence-electron chi connectivity index (χ4n) is 3.29. The highest BCUT2D eigenvalue weighted by atomic mass is 16.6. The zero-order valence-corrected chi connectivity index (χ0v) is 11.7. The van der Waals surface area contributed by atoms with Crippen LogP contribution in [0.5, 0.6) is 0 Å². The quantitative estimate of drug-likeness (QED) is 0.329. The van der Waals surface area contributed by atoms with Crippen molar-refractivity contribution >= 4 is 17.9 Å². The van der Waals surface area contributed by atoms with Gasteiger partial charge in [-0.3, -0.25) is 4.79 Å². The molecule has 1 saturated heterocycles. The summed E-state index contributed by atoms with van der Waals surface area (Å²) < 4.78 is 5.49. The number of allylic oxidation sites excluding steroid dienone is 1. The number of ether oxygens (including phenoxy) is 1. The summed E-state index contributed by atoms with van der Waals surface area (Å²) in [5.41, 5.74) is -1.16. The van der Waals surface area contributed by atoms with Gasteiger partial charge in [-0.2, -0.15) is 0 Å². The van der Waals surface area contributed by atoms with E-state index in [0.717, 1.165) is 11.9 Å². The molecule has 1 heterocycles. The lowest BCUT2D eigenvalue weighted by atomic mass is 9.59. The third-order valence-electron chi connectivity index (χ3n) is 4.59. The van der Waals surface area contributed by atoms with E-state index in [1.54, 1.807) is 6.92 Å². The minimum Gasteiger partial charge on any atom is -0.358 e. The molecule has 4 nitrogen and oxygen atoms in total. The summed E-state index contributed by atoms with van der Waals surface area (Å²) in [4.78, 5) is 35.6. The van der Waals surface area contributed by atoms with E-state index in [-0.39, 0.29) is 36.4 Å². The van der Waals surface area contributed by atoms with Crippen molar-refractivity contribution in [1.82, 2.24) is 0 Å². The number of hydrogen-bond acceptors (Lipinski definition) is 4. The molecular formula is C15H20O4. The van der Waals surface area contributed by atoms with Crippen molar-refractivity contribution in [2.75, 3.05) is 0 Å². The van der Waals surface area contributed by atoms with Crippen LogP contribution in [0.4, 0.5) is 0 Å². The van der Waals surface area contributed by atoms with Gasteiger partial charge in [0.25, 0.3) is 0 Å². The van der Waals surface area contributed by atoms with Crippen LogP contribution in [0.2, 0.25) is 0 Å². The molecule has 104 valence electrons. The van der Waals surface area contributed by atoms with Crippen LogP contribution in [0.1, 0.15) is 40.0 Å². The Hall–Kier alpha value is -1.29. The van der Waals surface area contributed by atoms with E-state index in [9.17, 15) is 14.4 Å². The highest BCUT2D eigenvalue weighted by Crippen LogP contribution is 2.56. The second kappa shape index (κ2) is 4.37. The van der Waals surface area contributed by atoms with Gasteiger partial charge in [-0.1, -0.05) is 12.2 Å². The lowest BCUT2D eigenvalue weighted by molar-refractivity contribution is -0.143. The Morgan fingerprint density at radius 1 is 1.53 bits per heavy atom. The molecule has 0 N–H and O–H groups in total. The smallest absolute Gasteiger partial charge is 0.180 e. The normalized spacial score (nSPS) is 40.5. The molecular weight excluding hydrogens is 244 g/mol. The molecule has 0 amide bonds. The number of aldehydes is 1. The van der Waals surface area contributed by atoms with E-state index in [4.69, 9.17) is 4.74 Å². The van der Waals surface area contributed by atoms with E-state index < -0.39 is 11.0 Å². The molecule has 0 radical (unpaired) electrons. The predicted molar refractivity (Wildman–Crippen MR) is 69.6 cm³/mol. The molecule has 2 fully saturated rings. The molecule has 1 aliphatic carbocycles. The number of rotatable bonds is 5. The third-order valence-corrected chi connectivity index (χ3v) is 4.59. The average Bonchev–Trinajstić information content (AvgIpc) is 3.00. The first-order chi connectivity index (χ1) is 8.78. The largest absolute Gasteiger partial charge is 0.358 e. The Kier molecular flexibility index (Phi) is 3.25. The SMILES string of the molecule is C=C(C)[C@@H]1C[C@H]2O[C@@]2(C)C(=O)C1(C=O)CCC(C)=O. The highest BCUT2D eigenvalue weighted by Gasteiger charge is 2.69. The van der Waals surface area contributed by atoms with E-state index >= 15 is 0 Å². The van der Waals surface area contributed by atoms with Gasteiger partial charge in [-0.25, -0.2) is 0 Å². The first kappa shape index (κ1) is 14.1. The van der Waals surface area contributed by atoms with Gasteiger partial charge in [0.1, 0.15) is 12.1 Å². The van der Waals surface area contributed by atoms with E-state index in [1.807, 2.05) is 6.92 Å². The summed E-state index contributed by atoms with van der Waals surface area (Å²) in [7, 11) is 0. The summed E-state index contributed by atoms with van der Waals surface area (Å²) >= 11 is 0. The van der Waals surface area contributed by atoms with E-state index in [1.165, 1.54) is 6.92 Å². The van der Waals surface area contributed by atoms with Crippen molar-refractivity contribution in [2.24, 2.45) is 11.3 Å². The van der Waals surface area contributed by atoms with Crippen molar-refractivity contribution < 1.29 is 19.1 Å². The number of carbonyl (C=O) groups excluding carboxylic acids is 3. The van der Waals surface area contributed by atoms with Gasteiger partial charge in [0.2, 0.25) is 0 Å². The van der Waals surface area contributed by atoms with Crippen LogP contribution < -0.4 is 0 Å². The molecule has 2 rings (SSSR count). The van der Waals surface area contributed by atoms with Crippen LogP contribution >= 0.6 is 0 Å². The lowest BCUT2D eigenvalue weighted by Gasteiger charge is -2.39. The molecule has 0 aromatic heterocycles. The maximum Gasteiger partial charge on any atom is 0.180 e. The summed E-state index contributed by atoms with van der Waals surface area (Å²) in [6.45, 7) is 8.94. The number of Topliss-reactive ketones (excluding diaryl/α,β-unsaturated/α-hetero) is 2. The highest BCUT2D eigenvalue weighted by molar-refractivity contribution is 6.06. The lowest BCUT2D eigenvalue weighted by Crippen LogP contribution is -2.51. The van der Waals surface area contributed by atoms with Gasteiger partial charge in [0.05, 0.1) is 11.5 Å². The number of epoxide rings is 1. The van der Waals surface area contributed by atoms with Crippen LogP contribution in [-0.4, -0.2) is 29.6 Å². The zero-order chi connectivity index (χ0) is 14.4. The predicted octanol–water partition coefficient (Wildman–Crippen LogP) is 1.86. The summed E-state index contributed by atoms with van der Waals surface area (Å²) in [5.74, 6) is -0.420. The molecule has 0 aromatic rings. The third kappa shape index (κ3) is 1.98. The van der Waals surface area contributed by atoms with Crippen LogP contribution in [-0.2, 0) is 19.1 Å². The number of ketones is 2. The Bertz CT molecular complexity index is 467. The molecule has 0 aromatic carbocycles. The van der Waals surface area contributed by atoms with Gasteiger partial charge in [-0.15, -0.1) is 0 Å². The van der Waals surface area contributed by atoms with Gasteiger partial charge in [-0.05, 0) is 33.6 Å². The van der Waals surface area contributed by atoms with Crippen molar-refractivity contribution in [2.45, 2.75) is 51.7 Å². The molecule has 4 atom stereocenters. The molecule has 1 unspecified atom stereocenters. The molecule has 19 heavy (non-hydrogen) atoms. The van der Waals surface area contributed by atoms with Gasteiger partial charge >= 0.3 is 0 Å². The Labute approximate surface area is 113 Å². The maximum atomic E-state index is 12.7. The number of hydrogen-bond donors (Lipinski definition) is 0. The monoisotopic (exact) mass is 264 g/mol. The van der Waals surface area contributed by atoms with Crippen LogP contribution in [0.15, 0.2) is 12.2 Å². The van der Waals surface area contributed by atoms with Crippen LogP contribution in [0, 0.1) is 11.3 Å². The first-order valence-corrected chi connectivity index (χ1v) is 6.62. The van der Waals surface area contributed by atoms with Crippen molar-refractivity contribution in [3.8, 4) is 0 Å². The minimum atomic E-state index is -1.14. The Balaban J connectivity index is 2.38.